The molecule has 4 rings (SSSR count). The van der Waals surface area contributed by atoms with Crippen LogP contribution in [0.3, 0.4) is 0 Å². The third kappa shape index (κ3) is 5.06. The molecule has 1 amide bonds. The van der Waals surface area contributed by atoms with Crippen LogP contribution in [0.5, 0.6) is 5.75 Å². The van der Waals surface area contributed by atoms with Crippen molar-refractivity contribution in [3.8, 4) is 5.75 Å². The predicted octanol–water partition coefficient (Wildman–Crippen LogP) is 4.50. The SMILES string of the molecule is O=C(Nc1ncn(Cc2ccc(F)cc2)n1)c1cc(COc2ccc(F)cc2)cs1. The van der Waals surface area contributed by atoms with E-state index in [-0.39, 0.29) is 30.1 Å². The first-order chi connectivity index (χ1) is 14.5. The van der Waals surface area contributed by atoms with Gasteiger partial charge in [0.25, 0.3) is 5.91 Å². The zero-order valence-corrected chi connectivity index (χ0v) is 16.4. The van der Waals surface area contributed by atoms with Gasteiger partial charge in [-0.3, -0.25) is 10.1 Å². The monoisotopic (exact) mass is 426 g/mol. The van der Waals surface area contributed by atoms with Crippen molar-refractivity contribution in [2.75, 3.05) is 5.32 Å². The second kappa shape index (κ2) is 8.83. The van der Waals surface area contributed by atoms with Crippen LogP contribution < -0.4 is 10.1 Å². The third-order valence-electron chi connectivity index (χ3n) is 4.12. The van der Waals surface area contributed by atoms with Gasteiger partial charge in [-0.15, -0.1) is 16.4 Å². The van der Waals surface area contributed by atoms with Gasteiger partial charge in [-0.05, 0) is 53.4 Å². The quantitative estimate of drug-likeness (QED) is 0.473. The highest BCUT2D eigenvalue weighted by Gasteiger charge is 2.12. The molecule has 0 fully saturated rings. The minimum absolute atomic E-state index is 0.180. The number of ether oxygens (including phenoxy) is 1. The van der Waals surface area contributed by atoms with Crippen LogP contribution in [0.1, 0.15) is 20.8 Å². The fraction of sp³-hybridized carbons (Fsp3) is 0.0952. The summed E-state index contributed by atoms with van der Waals surface area (Å²) in [6.07, 6.45) is 1.50. The molecule has 1 N–H and O–H groups in total. The normalized spacial score (nSPS) is 10.7. The van der Waals surface area contributed by atoms with E-state index in [1.54, 1.807) is 35.0 Å². The maximum Gasteiger partial charge on any atom is 0.268 e. The van der Waals surface area contributed by atoms with Gasteiger partial charge in [0.1, 0.15) is 30.3 Å². The first-order valence-electron chi connectivity index (χ1n) is 8.96. The van der Waals surface area contributed by atoms with Crippen molar-refractivity contribution in [2.24, 2.45) is 0 Å². The zero-order valence-electron chi connectivity index (χ0n) is 15.6. The topological polar surface area (TPSA) is 69.0 Å². The fourth-order valence-corrected chi connectivity index (χ4v) is 3.43. The van der Waals surface area contributed by atoms with Crippen LogP contribution in [0, 0.1) is 11.6 Å². The number of aromatic nitrogens is 3. The summed E-state index contributed by atoms with van der Waals surface area (Å²) >= 11 is 1.28. The van der Waals surface area contributed by atoms with E-state index >= 15 is 0 Å². The Labute approximate surface area is 174 Å². The van der Waals surface area contributed by atoms with Gasteiger partial charge in [-0.1, -0.05) is 12.1 Å². The summed E-state index contributed by atoms with van der Waals surface area (Å²) in [5.74, 6) is -0.231. The molecule has 2 aromatic heterocycles. The second-order valence-electron chi connectivity index (χ2n) is 6.41. The number of carbonyl (C=O) groups excluding carboxylic acids is 1. The van der Waals surface area contributed by atoms with Gasteiger partial charge >= 0.3 is 0 Å². The molecule has 0 unspecified atom stereocenters. The van der Waals surface area contributed by atoms with Gasteiger partial charge in [0.15, 0.2) is 0 Å². The lowest BCUT2D eigenvalue weighted by Crippen LogP contribution is -2.12. The van der Waals surface area contributed by atoms with Crippen molar-refractivity contribution in [2.45, 2.75) is 13.2 Å². The minimum atomic E-state index is -0.328. The molecule has 0 saturated carbocycles. The molecule has 0 aliphatic heterocycles. The number of halogens is 2. The fourth-order valence-electron chi connectivity index (χ4n) is 2.64. The Balaban J connectivity index is 1.32. The standard InChI is InChI=1S/C21H16F2N4O2S/c22-16-3-1-14(2-4-16)10-27-13-24-21(26-27)25-20(28)19-9-15(12-30-19)11-29-18-7-5-17(23)6-8-18/h1-9,12-13H,10-11H2,(H,25,26,28). The molecule has 30 heavy (non-hydrogen) atoms. The Morgan fingerprint density at radius 2 is 1.73 bits per heavy atom. The summed E-state index contributed by atoms with van der Waals surface area (Å²) in [6, 6.07) is 13.5. The Morgan fingerprint density at radius 3 is 2.47 bits per heavy atom. The molecule has 0 atom stereocenters. The summed E-state index contributed by atoms with van der Waals surface area (Å²) in [5.41, 5.74) is 1.69. The van der Waals surface area contributed by atoms with Crippen LogP contribution in [0.4, 0.5) is 14.7 Å². The highest BCUT2D eigenvalue weighted by molar-refractivity contribution is 7.12. The molecule has 0 spiro atoms. The van der Waals surface area contributed by atoms with Crippen LogP contribution in [-0.4, -0.2) is 20.7 Å². The van der Waals surface area contributed by atoms with Crippen LogP contribution in [0.25, 0.3) is 0 Å². The lowest BCUT2D eigenvalue weighted by atomic mass is 10.2. The van der Waals surface area contributed by atoms with E-state index in [2.05, 4.69) is 15.4 Å². The second-order valence-corrected chi connectivity index (χ2v) is 7.32. The Morgan fingerprint density at radius 1 is 1.03 bits per heavy atom. The van der Waals surface area contributed by atoms with E-state index in [1.807, 2.05) is 5.38 Å². The molecule has 2 heterocycles. The number of hydrogen-bond donors (Lipinski definition) is 1. The number of nitrogens with one attached hydrogen (secondary N) is 1. The summed E-state index contributed by atoms with van der Waals surface area (Å²) in [7, 11) is 0. The van der Waals surface area contributed by atoms with E-state index in [9.17, 15) is 13.6 Å². The van der Waals surface area contributed by atoms with E-state index in [4.69, 9.17) is 4.74 Å². The van der Waals surface area contributed by atoms with E-state index in [0.29, 0.717) is 17.2 Å². The first-order valence-corrected chi connectivity index (χ1v) is 9.84. The minimum Gasteiger partial charge on any atom is -0.489 e. The smallest absolute Gasteiger partial charge is 0.268 e. The van der Waals surface area contributed by atoms with E-state index in [1.165, 1.54) is 41.9 Å². The van der Waals surface area contributed by atoms with Gasteiger partial charge < -0.3 is 4.74 Å². The molecule has 4 aromatic rings. The number of carbonyl (C=O) groups is 1. The van der Waals surface area contributed by atoms with Crippen molar-refractivity contribution >= 4 is 23.2 Å². The van der Waals surface area contributed by atoms with Gasteiger partial charge in [0.05, 0.1) is 11.4 Å². The average Bonchev–Trinajstić information content (AvgIpc) is 3.39. The molecule has 0 aliphatic rings. The third-order valence-corrected chi connectivity index (χ3v) is 5.09. The predicted molar refractivity (Wildman–Crippen MR) is 109 cm³/mol. The molecule has 9 heteroatoms. The Kier molecular flexibility index (Phi) is 5.80. The number of hydrogen-bond acceptors (Lipinski definition) is 5. The maximum absolute atomic E-state index is 13.0. The summed E-state index contributed by atoms with van der Waals surface area (Å²) in [6.45, 7) is 0.674. The van der Waals surface area contributed by atoms with E-state index < -0.39 is 0 Å². The lowest BCUT2D eigenvalue weighted by molar-refractivity contribution is 0.102. The first kappa shape index (κ1) is 19.7. The lowest BCUT2D eigenvalue weighted by Gasteiger charge is -2.04. The summed E-state index contributed by atoms with van der Waals surface area (Å²) in [5, 5.41) is 8.68. The van der Waals surface area contributed by atoms with Gasteiger partial charge in [-0.2, -0.15) is 0 Å². The van der Waals surface area contributed by atoms with Crippen LogP contribution in [-0.2, 0) is 13.2 Å². The largest absolute Gasteiger partial charge is 0.489 e. The zero-order chi connectivity index (χ0) is 20.9. The molecule has 2 aromatic carbocycles. The highest BCUT2D eigenvalue weighted by Crippen LogP contribution is 2.19. The number of anilines is 1. The number of thiophene rings is 1. The number of rotatable bonds is 7. The van der Waals surface area contributed by atoms with Gasteiger partial charge in [0.2, 0.25) is 5.95 Å². The van der Waals surface area contributed by atoms with Crippen LogP contribution in [0.15, 0.2) is 66.3 Å². The van der Waals surface area contributed by atoms with Crippen molar-refractivity contribution in [3.63, 3.8) is 0 Å². The maximum atomic E-state index is 13.0. The van der Waals surface area contributed by atoms with Crippen LogP contribution in [0.2, 0.25) is 0 Å². The van der Waals surface area contributed by atoms with Crippen molar-refractivity contribution in [1.82, 2.24) is 14.8 Å². The van der Waals surface area contributed by atoms with Gasteiger partial charge in [-0.25, -0.2) is 18.4 Å². The number of amides is 1. The van der Waals surface area contributed by atoms with Crippen molar-refractivity contribution in [1.29, 1.82) is 0 Å². The Hall–Kier alpha value is -3.59. The molecular formula is C21H16F2N4O2S. The van der Waals surface area contributed by atoms with Crippen molar-refractivity contribution < 1.29 is 18.3 Å². The molecule has 0 saturated heterocycles. The summed E-state index contributed by atoms with van der Waals surface area (Å²) < 4.78 is 33.0. The average molecular weight is 426 g/mol. The van der Waals surface area contributed by atoms with E-state index in [0.717, 1.165) is 11.1 Å². The molecular weight excluding hydrogens is 410 g/mol. The molecule has 6 nitrogen and oxygen atoms in total. The molecule has 0 bridgehead atoms. The highest BCUT2D eigenvalue weighted by atomic mass is 32.1. The van der Waals surface area contributed by atoms with Crippen molar-refractivity contribution in [3.05, 3.63) is 93.9 Å². The number of nitrogens with zero attached hydrogens (tertiary/aromatic N) is 3. The molecule has 152 valence electrons. The van der Waals surface area contributed by atoms with Crippen LogP contribution >= 0.6 is 11.3 Å². The molecule has 0 radical (unpaired) electrons. The summed E-state index contributed by atoms with van der Waals surface area (Å²) in [4.78, 5) is 17.0. The van der Waals surface area contributed by atoms with Gasteiger partial charge in [0, 0.05) is 5.56 Å². The Bertz CT molecular complexity index is 1140. The number of benzene rings is 2. The molecule has 0 aliphatic carbocycles.